The van der Waals surface area contributed by atoms with Gasteiger partial charge >= 0.3 is 0 Å². The molecule has 20 heavy (non-hydrogen) atoms. The molecule has 2 N–H and O–H groups in total. The van der Waals surface area contributed by atoms with Crippen molar-refractivity contribution >= 4 is 17.2 Å². The molecule has 0 amide bonds. The highest BCUT2D eigenvalue weighted by Gasteiger charge is 2.24. The molecule has 2 aliphatic heterocycles. The molecule has 0 aromatic rings. The van der Waals surface area contributed by atoms with Crippen molar-refractivity contribution in [2.45, 2.75) is 19.4 Å². The molecule has 1 atom stereocenters. The van der Waals surface area contributed by atoms with Crippen molar-refractivity contribution < 1.29 is 4.74 Å². The second-order valence-electron chi connectivity index (χ2n) is 5.66. The summed E-state index contributed by atoms with van der Waals surface area (Å²) in [7, 11) is 0. The van der Waals surface area contributed by atoms with Crippen LogP contribution in [0.4, 0.5) is 0 Å². The monoisotopic (exact) mass is 300 g/mol. The first-order chi connectivity index (χ1) is 9.70. The van der Waals surface area contributed by atoms with E-state index in [0.29, 0.717) is 4.99 Å². The third-order valence-electron chi connectivity index (χ3n) is 4.40. The van der Waals surface area contributed by atoms with E-state index in [1.807, 2.05) is 0 Å². The Labute approximate surface area is 128 Å². The molecule has 0 radical (unpaired) electrons. The maximum Gasteiger partial charge on any atom is 0.0901 e. The number of ether oxygens (including phenoxy) is 1. The molecule has 0 aliphatic carbocycles. The molecule has 0 aromatic carbocycles. The van der Waals surface area contributed by atoms with Gasteiger partial charge < -0.3 is 10.5 Å². The molecule has 2 saturated heterocycles. The zero-order chi connectivity index (χ0) is 14.4. The molecular weight excluding hydrogens is 272 g/mol. The summed E-state index contributed by atoms with van der Waals surface area (Å²) in [5, 5.41) is 0. The Balaban J connectivity index is 1.67. The number of thiocarbonyl (C=S) groups is 1. The van der Waals surface area contributed by atoms with E-state index in [2.05, 4.69) is 21.6 Å². The average molecular weight is 300 g/mol. The zero-order valence-corrected chi connectivity index (χ0v) is 13.4. The van der Waals surface area contributed by atoms with Gasteiger partial charge in [0.25, 0.3) is 0 Å². The fourth-order valence-corrected chi connectivity index (χ4v) is 3.36. The molecule has 5 nitrogen and oxygen atoms in total. The highest BCUT2D eigenvalue weighted by atomic mass is 32.1. The molecule has 116 valence electrons. The highest BCUT2D eigenvalue weighted by molar-refractivity contribution is 7.80. The lowest BCUT2D eigenvalue weighted by Gasteiger charge is -2.39. The van der Waals surface area contributed by atoms with Gasteiger partial charge in [0.1, 0.15) is 0 Å². The van der Waals surface area contributed by atoms with Gasteiger partial charge in [0.05, 0.1) is 24.2 Å². The molecule has 1 unspecified atom stereocenters. The summed E-state index contributed by atoms with van der Waals surface area (Å²) in [6.07, 6.45) is 1.02. The van der Waals surface area contributed by atoms with Crippen molar-refractivity contribution in [2.24, 2.45) is 5.73 Å². The van der Waals surface area contributed by atoms with E-state index in [-0.39, 0.29) is 6.04 Å². The van der Waals surface area contributed by atoms with Crippen LogP contribution < -0.4 is 5.73 Å². The number of nitrogens with two attached hydrogens (primary N) is 1. The van der Waals surface area contributed by atoms with E-state index in [9.17, 15) is 0 Å². The molecule has 2 aliphatic rings. The topological polar surface area (TPSA) is 45.0 Å². The third-order valence-corrected chi connectivity index (χ3v) is 4.67. The minimum atomic E-state index is 0.284. The maximum atomic E-state index is 5.83. The van der Waals surface area contributed by atoms with E-state index in [0.717, 1.165) is 72.0 Å². The van der Waals surface area contributed by atoms with Gasteiger partial charge in [-0.1, -0.05) is 19.1 Å². The lowest BCUT2D eigenvalue weighted by Crippen LogP contribution is -2.54. The van der Waals surface area contributed by atoms with Crippen LogP contribution in [-0.2, 0) is 4.74 Å². The number of piperazine rings is 1. The van der Waals surface area contributed by atoms with Crippen molar-refractivity contribution in [3.8, 4) is 0 Å². The largest absolute Gasteiger partial charge is 0.392 e. The number of nitrogens with zero attached hydrogens (tertiary/aromatic N) is 3. The van der Waals surface area contributed by atoms with E-state index in [4.69, 9.17) is 22.7 Å². The first-order valence-electron chi connectivity index (χ1n) is 7.76. The smallest absolute Gasteiger partial charge is 0.0901 e. The Morgan fingerprint density at radius 1 is 1.05 bits per heavy atom. The Bertz CT molecular complexity index is 302. The molecule has 0 bridgehead atoms. The van der Waals surface area contributed by atoms with Crippen LogP contribution in [0.1, 0.15) is 13.3 Å². The lowest BCUT2D eigenvalue weighted by molar-refractivity contribution is 0.0292. The highest BCUT2D eigenvalue weighted by Crippen LogP contribution is 2.10. The maximum absolute atomic E-state index is 5.83. The zero-order valence-electron chi connectivity index (χ0n) is 12.6. The first-order valence-corrected chi connectivity index (χ1v) is 8.17. The van der Waals surface area contributed by atoms with E-state index in [1.54, 1.807) is 0 Å². The molecular formula is C14H28N4OS. The van der Waals surface area contributed by atoms with Crippen LogP contribution in [0.5, 0.6) is 0 Å². The SMILES string of the molecule is CCC(C(N)=S)N1CCN(CCN2CCOCC2)CC1. The second-order valence-corrected chi connectivity index (χ2v) is 6.13. The number of rotatable bonds is 6. The Hall–Kier alpha value is -0.270. The van der Waals surface area contributed by atoms with Gasteiger partial charge in [-0.2, -0.15) is 0 Å². The predicted octanol–water partition coefficient (Wildman–Crippen LogP) is 0.000900. The fraction of sp³-hybridized carbons (Fsp3) is 0.929. The van der Waals surface area contributed by atoms with Crippen LogP contribution in [0.15, 0.2) is 0 Å². The molecule has 6 heteroatoms. The standard InChI is InChI=1S/C14H28N4OS/c1-2-13(14(15)20)18-7-5-16(6-8-18)3-4-17-9-11-19-12-10-17/h13H,2-12H2,1H3,(H2,15,20). The summed E-state index contributed by atoms with van der Waals surface area (Å²) in [5.41, 5.74) is 5.83. The van der Waals surface area contributed by atoms with Gasteiger partial charge in [-0.3, -0.25) is 14.7 Å². The van der Waals surface area contributed by atoms with Gasteiger partial charge in [-0.05, 0) is 6.42 Å². The second kappa shape index (κ2) is 8.24. The van der Waals surface area contributed by atoms with Gasteiger partial charge in [0.15, 0.2) is 0 Å². The van der Waals surface area contributed by atoms with Gasteiger partial charge in [-0.25, -0.2) is 0 Å². The summed E-state index contributed by atoms with van der Waals surface area (Å²) in [6.45, 7) is 12.9. The van der Waals surface area contributed by atoms with Gasteiger partial charge in [0.2, 0.25) is 0 Å². The lowest BCUT2D eigenvalue weighted by atomic mass is 10.1. The molecule has 2 rings (SSSR count). The summed E-state index contributed by atoms with van der Waals surface area (Å²) in [4.78, 5) is 8.14. The minimum absolute atomic E-state index is 0.284. The van der Waals surface area contributed by atoms with Crippen molar-refractivity contribution in [1.82, 2.24) is 14.7 Å². The van der Waals surface area contributed by atoms with E-state index in [1.165, 1.54) is 0 Å². The summed E-state index contributed by atoms with van der Waals surface area (Å²) in [6, 6.07) is 0.284. The van der Waals surface area contributed by atoms with Crippen LogP contribution in [0.3, 0.4) is 0 Å². The van der Waals surface area contributed by atoms with Crippen molar-refractivity contribution in [3.63, 3.8) is 0 Å². The quantitative estimate of drug-likeness (QED) is 0.697. The Kier molecular flexibility index (Phi) is 6.64. The van der Waals surface area contributed by atoms with Crippen LogP contribution >= 0.6 is 12.2 Å². The molecule has 2 fully saturated rings. The normalized spacial score (nSPS) is 24.6. The Morgan fingerprint density at radius 2 is 1.60 bits per heavy atom. The number of hydrogen-bond acceptors (Lipinski definition) is 5. The van der Waals surface area contributed by atoms with Gasteiger partial charge in [0, 0.05) is 52.4 Å². The molecule has 0 aromatic heterocycles. The number of hydrogen-bond donors (Lipinski definition) is 1. The Morgan fingerprint density at radius 3 is 2.10 bits per heavy atom. The number of morpholine rings is 1. The molecule has 0 spiro atoms. The van der Waals surface area contributed by atoms with Crippen LogP contribution in [0, 0.1) is 0 Å². The summed E-state index contributed by atoms with van der Waals surface area (Å²) < 4.78 is 5.38. The average Bonchev–Trinajstić information content (AvgIpc) is 2.48. The third kappa shape index (κ3) is 4.63. The van der Waals surface area contributed by atoms with E-state index < -0.39 is 0 Å². The molecule has 2 heterocycles. The van der Waals surface area contributed by atoms with E-state index >= 15 is 0 Å². The van der Waals surface area contributed by atoms with Crippen molar-refractivity contribution in [1.29, 1.82) is 0 Å². The minimum Gasteiger partial charge on any atom is -0.392 e. The van der Waals surface area contributed by atoms with Crippen LogP contribution in [-0.4, -0.2) is 91.3 Å². The van der Waals surface area contributed by atoms with Crippen LogP contribution in [0.25, 0.3) is 0 Å². The van der Waals surface area contributed by atoms with Gasteiger partial charge in [-0.15, -0.1) is 0 Å². The fourth-order valence-electron chi connectivity index (χ4n) is 3.05. The van der Waals surface area contributed by atoms with Crippen molar-refractivity contribution in [2.75, 3.05) is 65.6 Å². The summed E-state index contributed by atoms with van der Waals surface area (Å²) >= 11 is 5.17. The first kappa shape index (κ1) is 16.1. The van der Waals surface area contributed by atoms with Crippen molar-refractivity contribution in [3.05, 3.63) is 0 Å². The predicted molar refractivity (Wildman–Crippen MR) is 86.1 cm³/mol. The molecule has 0 saturated carbocycles. The summed E-state index contributed by atoms with van der Waals surface area (Å²) in [5.74, 6) is 0. The van der Waals surface area contributed by atoms with Crippen LogP contribution in [0.2, 0.25) is 0 Å².